The summed E-state index contributed by atoms with van der Waals surface area (Å²) in [6.45, 7) is 1.91. The number of anilines is 1. The van der Waals surface area contributed by atoms with E-state index in [0.717, 1.165) is 10.7 Å². The van der Waals surface area contributed by atoms with Gasteiger partial charge in [0.05, 0.1) is 17.1 Å². The van der Waals surface area contributed by atoms with Gasteiger partial charge in [-0.3, -0.25) is 4.79 Å². The van der Waals surface area contributed by atoms with Gasteiger partial charge in [-0.15, -0.1) is 11.3 Å². The Labute approximate surface area is 96.6 Å². The molecule has 0 saturated heterocycles. The van der Waals surface area contributed by atoms with Crippen molar-refractivity contribution in [3.8, 4) is 0 Å². The van der Waals surface area contributed by atoms with Crippen molar-refractivity contribution < 1.29 is 4.79 Å². The highest BCUT2D eigenvalue weighted by Gasteiger charge is 2.06. The molecular formula is C10H10N4OS. The van der Waals surface area contributed by atoms with Crippen molar-refractivity contribution >= 4 is 23.1 Å². The fourth-order valence-corrected chi connectivity index (χ4v) is 1.82. The minimum atomic E-state index is -0.121. The van der Waals surface area contributed by atoms with Crippen LogP contribution in [0.15, 0.2) is 24.0 Å². The third-order valence-electron chi connectivity index (χ3n) is 1.86. The van der Waals surface area contributed by atoms with Gasteiger partial charge >= 0.3 is 0 Å². The largest absolute Gasteiger partial charge is 0.310 e. The smallest absolute Gasteiger partial charge is 0.231 e. The summed E-state index contributed by atoms with van der Waals surface area (Å²) >= 11 is 1.54. The summed E-state index contributed by atoms with van der Waals surface area (Å²) in [6, 6.07) is 1.64. The third kappa shape index (κ3) is 2.83. The number of nitrogens with one attached hydrogen (secondary N) is 1. The van der Waals surface area contributed by atoms with Gasteiger partial charge in [0.15, 0.2) is 0 Å². The monoisotopic (exact) mass is 234 g/mol. The SMILES string of the molecule is Cc1nc(CC(=O)Nc2ccncn2)cs1. The van der Waals surface area contributed by atoms with Crippen molar-refractivity contribution in [3.05, 3.63) is 34.7 Å². The third-order valence-corrected chi connectivity index (χ3v) is 2.68. The zero-order chi connectivity index (χ0) is 11.4. The molecule has 82 valence electrons. The number of rotatable bonds is 3. The highest BCUT2D eigenvalue weighted by molar-refractivity contribution is 7.09. The molecule has 0 atom stereocenters. The number of aryl methyl sites for hydroxylation is 1. The minimum absolute atomic E-state index is 0.121. The Morgan fingerprint density at radius 2 is 2.44 bits per heavy atom. The number of hydrogen-bond acceptors (Lipinski definition) is 5. The molecular weight excluding hydrogens is 224 g/mol. The summed E-state index contributed by atoms with van der Waals surface area (Å²) < 4.78 is 0. The number of hydrogen-bond donors (Lipinski definition) is 1. The van der Waals surface area contributed by atoms with Gasteiger partial charge < -0.3 is 5.32 Å². The lowest BCUT2D eigenvalue weighted by Gasteiger charge is -2.01. The van der Waals surface area contributed by atoms with E-state index in [0.29, 0.717) is 5.82 Å². The van der Waals surface area contributed by atoms with Crippen LogP contribution >= 0.6 is 11.3 Å². The van der Waals surface area contributed by atoms with Gasteiger partial charge in [-0.25, -0.2) is 15.0 Å². The molecule has 0 aliphatic carbocycles. The van der Waals surface area contributed by atoms with E-state index in [1.54, 1.807) is 12.3 Å². The standard InChI is InChI=1S/C10H10N4OS/c1-7-13-8(5-16-7)4-10(15)14-9-2-3-11-6-12-9/h2-3,5-6H,4H2,1H3,(H,11,12,14,15). The average molecular weight is 234 g/mol. The molecule has 0 fully saturated rings. The van der Waals surface area contributed by atoms with Crippen LogP contribution in [0.5, 0.6) is 0 Å². The number of nitrogens with zero attached hydrogens (tertiary/aromatic N) is 3. The van der Waals surface area contributed by atoms with E-state index in [1.165, 1.54) is 17.7 Å². The zero-order valence-corrected chi connectivity index (χ0v) is 9.49. The zero-order valence-electron chi connectivity index (χ0n) is 8.67. The van der Waals surface area contributed by atoms with E-state index in [4.69, 9.17) is 0 Å². The second kappa shape index (κ2) is 4.80. The lowest BCUT2D eigenvalue weighted by Crippen LogP contribution is -2.15. The van der Waals surface area contributed by atoms with E-state index < -0.39 is 0 Å². The van der Waals surface area contributed by atoms with Crippen LogP contribution in [0, 0.1) is 6.92 Å². The van der Waals surface area contributed by atoms with Crippen LogP contribution in [0.4, 0.5) is 5.82 Å². The molecule has 16 heavy (non-hydrogen) atoms. The number of amides is 1. The fraction of sp³-hybridized carbons (Fsp3) is 0.200. The van der Waals surface area contributed by atoms with Crippen molar-refractivity contribution in [1.82, 2.24) is 15.0 Å². The van der Waals surface area contributed by atoms with E-state index >= 15 is 0 Å². The molecule has 0 aromatic carbocycles. The fourth-order valence-electron chi connectivity index (χ4n) is 1.21. The molecule has 0 bridgehead atoms. The molecule has 0 unspecified atom stereocenters. The van der Waals surface area contributed by atoms with Crippen molar-refractivity contribution in [2.45, 2.75) is 13.3 Å². The second-order valence-electron chi connectivity index (χ2n) is 3.18. The summed E-state index contributed by atoms with van der Waals surface area (Å²) in [5.41, 5.74) is 0.786. The number of thiazole rings is 1. The van der Waals surface area contributed by atoms with E-state index in [9.17, 15) is 4.79 Å². The first-order chi connectivity index (χ1) is 7.74. The van der Waals surface area contributed by atoms with Crippen molar-refractivity contribution in [1.29, 1.82) is 0 Å². The van der Waals surface area contributed by atoms with Gasteiger partial charge in [0, 0.05) is 11.6 Å². The van der Waals surface area contributed by atoms with Crippen LogP contribution in [0.25, 0.3) is 0 Å². The average Bonchev–Trinajstić information content (AvgIpc) is 2.65. The summed E-state index contributed by atoms with van der Waals surface area (Å²) in [4.78, 5) is 23.5. The highest BCUT2D eigenvalue weighted by Crippen LogP contribution is 2.09. The normalized spacial score (nSPS) is 10.1. The first-order valence-electron chi connectivity index (χ1n) is 4.71. The summed E-state index contributed by atoms with van der Waals surface area (Å²) in [7, 11) is 0. The van der Waals surface area contributed by atoms with Crippen LogP contribution in [0.2, 0.25) is 0 Å². The molecule has 1 amide bonds. The second-order valence-corrected chi connectivity index (χ2v) is 4.24. The molecule has 1 N–H and O–H groups in total. The summed E-state index contributed by atoms with van der Waals surface area (Å²) in [5.74, 6) is 0.385. The topological polar surface area (TPSA) is 67.8 Å². The van der Waals surface area contributed by atoms with Gasteiger partial charge in [0.2, 0.25) is 5.91 Å². The number of carbonyl (C=O) groups is 1. The molecule has 0 radical (unpaired) electrons. The molecule has 0 saturated carbocycles. The molecule has 2 aromatic heterocycles. The quantitative estimate of drug-likeness (QED) is 0.872. The van der Waals surface area contributed by atoms with E-state index in [-0.39, 0.29) is 12.3 Å². The Hall–Kier alpha value is -1.82. The van der Waals surface area contributed by atoms with E-state index in [1.807, 2.05) is 12.3 Å². The van der Waals surface area contributed by atoms with Gasteiger partial charge in [-0.05, 0) is 13.0 Å². The molecule has 0 aliphatic heterocycles. The Balaban J connectivity index is 1.95. The summed E-state index contributed by atoms with van der Waals surface area (Å²) in [6.07, 6.45) is 3.24. The molecule has 5 nitrogen and oxygen atoms in total. The predicted molar refractivity (Wildman–Crippen MR) is 61.2 cm³/mol. The molecule has 2 heterocycles. The lowest BCUT2D eigenvalue weighted by molar-refractivity contribution is -0.115. The number of carbonyl (C=O) groups excluding carboxylic acids is 1. The van der Waals surface area contributed by atoms with Gasteiger partial charge in [0.1, 0.15) is 12.1 Å². The van der Waals surface area contributed by atoms with Gasteiger partial charge in [-0.1, -0.05) is 0 Å². The molecule has 6 heteroatoms. The van der Waals surface area contributed by atoms with Crippen LogP contribution in [-0.2, 0) is 11.2 Å². The van der Waals surface area contributed by atoms with Crippen molar-refractivity contribution in [3.63, 3.8) is 0 Å². The maximum atomic E-state index is 11.6. The number of aromatic nitrogens is 3. The van der Waals surface area contributed by atoms with Crippen LogP contribution < -0.4 is 5.32 Å². The maximum Gasteiger partial charge on any atom is 0.231 e. The Bertz CT molecular complexity index is 483. The summed E-state index contributed by atoms with van der Waals surface area (Å²) in [5, 5.41) is 5.52. The van der Waals surface area contributed by atoms with Crippen molar-refractivity contribution in [2.24, 2.45) is 0 Å². The van der Waals surface area contributed by atoms with E-state index in [2.05, 4.69) is 20.3 Å². The van der Waals surface area contributed by atoms with Crippen LogP contribution in [0.1, 0.15) is 10.7 Å². The van der Waals surface area contributed by atoms with Gasteiger partial charge in [0.25, 0.3) is 0 Å². The van der Waals surface area contributed by atoms with Gasteiger partial charge in [-0.2, -0.15) is 0 Å². The Kier molecular flexibility index (Phi) is 3.21. The molecule has 2 aromatic rings. The molecule has 2 rings (SSSR count). The predicted octanol–water partition coefficient (Wildman–Crippen LogP) is 1.42. The Morgan fingerprint density at radius 3 is 3.06 bits per heavy atom. The van der Waals surface area contributed by atoms with Crippen molar-refractivity contribution in [2.75, 3.05) is 5.32 Å². The first-order valence-corrected chi connectivity index (χ1v) is 5.59. The minimum Gasteiger partial charge on any atom is -0.310 e. The molecule has 0 spiro atoms. The first kappa shape index (κ1) is 10.7. The lowest BCUT2D eigenvalue weighted by atomic mass is 10.3. The molecule has 0 aliphatic rings. The van der Waals surface area contributed by atoms with Crippen LogP contribution in [-0.4, -0.2) is 20.9 Å². The maximum absolute atomic E-state index is 11.6. The Morgan fingerprint density at radius 1 is 1.56 bits per heavy atom. The van der Waals surface area contributed by atoms with Crippen LogP contribution in [0.3, 0.4) is 0 Å². The highest BCUT2D eigenvalue weighted by atomic mass is 32.1.